The predicted molar refractivity (Wildman–Crippen MR) is 310 cm³/mol. The minimum Gasteiger partial charge on any atom is -0.459 e. The molecule has 0 aliphatic carbocycles. The van der Waals surface area contributed by atoms with Gasteiger partial charge in [0.2, 0.25) is 11.8 Å². The van der Waals surface area contributed by atoms with Crippen LogP contribution in [0, 0.1) is 0 Å². The number of nitrogens with zero attached hydrogens (tertiary/aromatic N) is 2. The Morgan fingerprint density at radius 2 is 0.732 bits per heavy atom. The second-order valence-corrected chi connectivity index (χ2v) is 20.7. The lowest BCUT2D eigenvalue weighted by Crippen LogP contribution is -2.38. The average molecular weight is 1020 g/mol. The third-order valence-corrected chi connectivity index (χ3v) is 11.3. The number of carbonyl (C=O) groups is 4. The summed E-state index contributed by atoms with van der Waals surface area (Å²) in [6.45, 7) is 7.90. The molecular formula is C59H98N4O6S2+2. The van der Waals surface area contributed by atoms with Gasteiger partial charge in [-0.3, -0.25) is 19.2 Å². The van der Waals surface area contributed by atoms with Crippen molar-refractivity contribution in [1.29, 1.82) is 0 Å². The predicted octanol–water partition coefficient (Wildman–Crippen LogP) is 12.2. The van der Waals surface area contributed by atoms with Crippen LogP contribution in [0.4, 0.5) is 0 Å². The third kappa shape index (κ3) is 63.6. The molecule has 0 unspecified atom stereocenters. The molecular weight excluding hydrogens is 925 g/mol. The van der Waals surface area contributed by atoms with Crippen molar-refractivity contribution >= 4 is 47.3 Å². The molecule has 0 saturated carbocycles. The summed E-state index contributed by atoms with van der Waals surface area (Å²) in [5, 5.41) is 5.78. The number of thioether (sulfide) groups is 2. The molecule has 0 rings (SSSR count). The minimum absolute atomic E-state index is 0.00108. The zero-order chi connectivity index (χ0) is 52.8. The Bertz CT molecular complexity index is 1680. The molecule has 0 atom stereocenters. The number of carbonyl (C=O) groups excluding carboxylic acids is 4. The molecule has 2 amide bonds. The van der Waals surface area contributed by atoms with Crippen LogP contribution in [0.2, 0.25) is 0 Å². The van der Waals surface area contributed by atoms with E-state index in [1.54, 1.807) is 0 Å². The Hall–Kier alpha value is -4.36. The highest BCUT2D eigenvalue weighted by atomic mass is 32.2. The molecule has 0 aromatic heterocycles. The number of unbranched alkanes of at least 4 members (excludes halogenated alkanes) is 1. The summed E-state index contributed by atoms with van der Waals surface area (Å²) in [5.41, 5.74) is 0. The van der Waals surface area contributed by atoms with Crippen LogP contribution in [-0.2, 0) is 28.7 Å². The van der Waals surface area contributed by atoms with Crippen molar-refractivity contribution in [2.75, 3.05) is 105 Å². The highest BCUT2D eigenvalue weighted by Crippen LogP contribution is 2.04. The van der Waals surface area contributed by atoms with Gasteiger partial charge in [-0.1, -0.05) is 148 Å². The Morgan fingerprint density at radius 3 is 1.07 bits per heavy atom. The fraction of sp³-hybridized carbons (Fsp3) is 0.559. The number of amides is 2. The molecule has 10 nitrogen and oxygen atoms in total. The minimum atomic E-state index is -0.197. The topological polar surface area (TPSA) is 111 Å². The molecule has 0 fully saturated rings. The highest BCUT2D eigenvalue weighted by molar-refractivity contribution is 8.00. The van der Waals surface area contributed by atoms with E-state index in [-0.39, 0.29) is 23.8 Å². The van der Waals surface area contributed by atoms with E-state index in [0.29, 0.717) is 62.2 Å². The van der Waals surface area contributed by atoms with Gasteiger partial charge in [0.25, 0.3) is 0 Å². The van der Waals surface area contributed by atoms with Gasteiger partial charge in [-0.25, -0.2) is 0 Å². The fourth-order valence-electron chi connectivity index (χ4n) is 5.41. The second-order valence-electron chi connectivity index (χ2n) is 18.5. The molecule has 2 N–H and O–H groups in total. The van der Waals surface area contributed by atoms with Gasteiger partial charge in [-0.15, -0.1) is 23.5 Å². The SMILES string of the molecule is CC/C=C\C/C=C\C/C=C\C/C=C\C/C=C\C/C=C\CC(=O)NCCSCC(=O)OCC[N+](C)(C)C.CC/C=C\C/C=C\C/C=C\C/C=C\C/C=C\CCCC(=O)NCCSCC(=O)OCC[N+](C)(C)C. The molecule has 0 aliphatic heterocycles. The molecule has 71 heavy (non-hydrogen) atoms. The van der Waals surface area contributed by atoms with Gasteiger partial charge in [0.1, 0.15) is 26.3 Å². The zero-order valence-electron chi connectivity index (χ0n) is 45.5. The average Bonchev–Trinajstić information content (AvgIpc) is 3.31. The number of nitrogens with one attached hydrogen (secondary N) is 2. The van der Waals surface area contributed by atoms with E-state index in [1.807, 2.05) is 12.2 Å². The molecule has 0 spiro atoms. The summed E-state index contributed by atoms with van der Waals surface area (Å²) in [4.78, 5) is 47.0. The summed E-state index contributed by atoms with van der Waals surface area (Å²) < 4.78 is 12.0. The number of hydrogen-bond acceptors (Lipinski definition) is 8. The fourth-order valence-corrected chi connectivity index (χ4v) is 6.69. The van der Waals surface area contributed by atoms with Crippen molar-refractivity contribution in [2.24, 2.45) is 0 Å². The van der Waals surface area contributed by atoms with Crippen LogP contribution < -0.4 is 10.6 Å². The van der Waals surface area contributed by atoms with Crippen LogP contribution in [-0.4, -0.2) is 137 Å². The van der Waals surface area contributed by atoms with E-state index >= 15 is 0 Å². The van der Waals surface area contributed by atoms with Gasteiger partial charge in [0.05, 0.1) is 53.8 Å². The van der Waals surface area contributed by atoms with E-state index in [1.165, 1.54) is 23.5 Å². The maximum absolute atomic E-state index is 11.9. The van der Waals surface area contributed by atoms with Gasteiger partial charge >= 0.3 is 11.9 Å². The first kappa shape index (κ1) is 68.7. The molecule has 0 bridgehead atoms. The Balaban J connectivity index is 0. The first-order chi connectivity index (χ1) is 34.2. The molecule has 0 aliphatic rings. The van der Waals surface area contributed by atoms with Crippen LogP contribution >= 0.6 is 23.5 Å². The summed E-state index contributed by atoms with van der Waals surface area (Å²) in [6.07, 6.45) is 61.1. The van der Waals surface area contributed by atoms with E-state index in [2.05, 4.69) is 188 Å². The molecule has 12 heteroatoms. The van der Waals surface area contributed by atoms with Crippen LogP contribution in [0.3, 0.4) is 0 Å². The lowest BCUT2D eigenvalue weighted by Gasteiger charge is -2.23. The third-order valence-electron chi connectivity index (χ3n) is 9.46. The van der Waals surface area contributed by atoms with Gasteiger partial charge in [-0.2, -0.15) is 0 Å². The number of hydrogen-bond donors (Lipinski definition) is 2. The summed E-state index contributed by atoms with van der Waals surface area (Å²) in [6, 6.07) is 0. The van der Waals surface area contributed by atoms with Crippen molar-refractivity contribution in [1.82, 2.24) is 10.6 Å². The maximum atomic E-state index is 11.9. The number of esters is 2. The molecule has 400 valence electrons. The zero-order valence-corrected chi connectivity index (χ0v) is 47.2. The normalized spacial score (nSPS) is 12.8. The summed E-state index contributed by atoms with van der Waals surface area (Å²) in [7, 11) is 12.4. The molecule has 0 aromatic carbocycles. The van der Waals surface area contributed by atoms with Crippen LogP contribution in [0.25, 0.3) is 0 Å². The Morgan fingerprint density at radius 1 is 0.423 bits per heavy atom. The van der Waals surface area contributed by atoms with Crippen molar-refractivity contribution in [3.05, 3.63) is 134 Å². The standard InChI is InChI=1S/C30H48N2O3S.C29H48N2O3S/c1-5-6-7-8-9-10-11-12-13-14-15-16-17-18-19-20-21-22-23-29(33)31-24-27-36-28-30(34)35-26-25-32(2,3)4;1-5-6-7-8-9-10-11-12-13-14-15-16-17-18-19-20-21-22-28(32)30-23-26-35-27-29(33)34-25-24-31(2,3)4/h6-7,9-10,12-13,15-16,18-19,21-22H,5,8,11,14,17,20,23-28H2,1-4H3;6-7,9-10,12-13,15-16,18-19H,5,8,11,14,17,20-27H2,1-4H3/p+2/b7-6-,10-9-,13-12-,16-15-,19-18-,22-21-;7-6-,10-9-,13-12-,16-15-,19-18-. The smallest absolute Gasteiger partial charge is 0.316 e. The number of rotatable bonds is 42. The van der Waals surface area contributed by atoms with E-state index < -0.39 is 0 Å². The van der Waals surface area contributed by atoms with E-state index in [4.69, 9.17) is 9.47 Å². The lowest BCUT2D eigenvalue weighted by atomic mass is 10.2. The first-order valence-electron chi connectivity index (χ1n) is 26.0. The van der Waals surface area contributed by atoms with Crippen LogP contribution in [0.15, 0.2) is 134 Å². The monoisotopic (exact) mass is 1020 g/mol. The summed E-state index contributed by atoms with van der Waals surface area (Å²) in [5.74, 6) is 1.75. The first-order valence-corrected chi connectivity index (χ1v) is 28.3. The van der Waals surface area contributed by atoms with Gasteiger partial charge < -0.3 is 29.1 Å². The van der Waals surface area contributed by atoms with Crippen molar-refractivity contribution in [2.45, 2.75) is 110 Å². The van der Waals surface area contributed by atoms with Gasteiger partial charge in [0, 0.05) is 37.4 Å². The van der Waals surface area contributed by atoms with Gasteiger partial charge in [-0.05, 0) is 83.5 Å². The number of quaternary nitrogens is 2. The molecule has 0 aromatic rings. The van der Waals surface area contributed by atoms with Crippen molar-refractivity contribution in [3.63, 3.8) is 0 Å². The van der Waals surface area contributed by atoms with Crippen LogP contribution in [0.1, 0.15) is 110 Å². The van der Waals surface area contributed by atoms with Gasteiger partial charge in [0.15, 0.2) is 0 Å². The van der Waals surface area contributed by atoms with Crippen molar-refractivity contribution in [3.8, 4) is 0 Å². The Labute approximate surface area is 441 Å². The molecule has 0 heterocycles. The molecule has 0 saturated heterocycles. The van der Waals surface area contributed by atoms with E-state index in [0.717, 1.165) is 106 Å². The highest BCUT2D eigenvalue weighted by Gasteiger charge is 2.11. The largest absolute Gasteiger partial charge is 0.459 e. The summed E-state index contributed by atoms with van der Waals surface area (Å²) >= 11 is 2.97. The Kier molecular flexibility index (Phi) is 50.3. The number of allylic oxidation sites excluding steroid dienone is 21. The molecule has 0 radical (unpaired) electrons. The van der Waals surface area contributed by atoms with Crippen LogP contribution in [0.5, 0.6) is 0 Å². The second kappa shape index (κ2) is 52.0. The van der Waals surface area contributed by atoms with Crippen molar-refractivity contribution < 1.29 is 37.6 Å². The number of likely N-dealkylation sites (N-methyl/N-ethyl adjacent to an activating group) is 2. The maximum Gasteiger partial charge on any atom is 0.316 e. The van der Waals surface area contributed by atoms with E-state index in [9.17, 15) is 19.2 Å². The lowest BCUT2D eigenvalue weighted by molar-refractivity contribution is -0.870. The number of ether oxygens (including phenoxy) is 2. The quantitative estimate of drug-likeness (QED) is 0.0269.